The summed E-state index contributed by atoms with van der Waals surface area (Å²) < 4.78 is 6.14. The summed E-state index contributed by atoms with van der Waals surface area (Å²) >= 11 is 0.0724. The summed E-state index contributed by atoms with van der Waals surface area (Å²) in [6, 6.07) is 0. The molecule has 2 heteroatoms. The van der Waals surface area contributed by atoms with Crippen molar-refractivity contribution in [3.63, 3.8) is 0 Å². The van der Waals surface area contributed by atoms with Crippen molar-refractivity contribution in [3.05, 3.63) is 22.4 Å². The maximum absolute atomic E-state index is 4.02. The predicted molar refractivity (Wildman–Crippen MR) is 34.7 cm³/mol. The van der Waals surface area contributed by atoms with E-state index in [-0.39, 0.29) is 21.0 Å². The summed E-state index contributed by atoms with van der Waals surface area (Å²) in [6.45, 7) is 0. The second kappa shape index (κ2) is 2.23. The van der Waals surface area contributed by atoms with E-state index in [2.05, 4.69) is 7.23 Å². The minimum Gasteiger partial charge on any atom is -0.230 e. The molecule has 0 aromatic heterocycles. The molecule has 0 fully saturated rings. The lowest BCUT2D eigenvalue weighted by molar-refractivity contribution is 1.67. The van der Waals surface area contributed by atoms with Crippen LogP contribution in [0.25, 0.3) is 0 Å². The first-order valence-corrected chi connectivity index (χ1v) is 3.86. The third kappa shape index (κ3) is 1.01. The largest absolute Gasteiger partial charge is 0.230 e. The van der Waals surface area contributed by atoms with E-state index in [9.17, 15) is 0 Å². The van der Waals surface area contributed by atoms with Gasteiger partial charge in [0, 0.05) is 27.2 Å². The normalized spacial score (nSPS) is 17.3. The molecule has 1 heterocycles. The van der Waals surface area contributed by atoms with Crippen LogP contribution in [0.5, 0.6) is 0 Å². The van der Waals surface area contributed by atoms with Crippen molar-refractivity contribution in [2.24, 2.45) is 3.15 Å². The lowest BCUT2D eigenvalue weighted by Crippen LogP contribution is -1.46. The zero-order valence-electron chi connectivity index (χ0n) is 3.13. The molecule has 1 nitrogen and oxygen atoms in total. The number of hydrogen-bond donors (Lipinski definition) is 0. The maximum Gasteiger partial charge on any atom is 0.0329 e. The number of halogens is 1. The Morgan fingerprint density at radius 1 is 1.33 bits per heavy atom. The first-order chi connectivity index (χ1) is 3.00. The molecule has 0 radical (unpaired) electrons. The van der Waals surface area contributed by atoms with E-state index in [0.29, 0.717) is 0 Å². The van der Waals surface area contributed by atoms with Gasteiger partial charge in [0.2, 0.25) is 0 Å². The summed E-state index contributed by atoms with van der Waals surface area (Å²) in [4.78, 5) is 0. The SMILES string of the molecule is C1=CN=IC=C1. The van der Waals surface area contributed by atoms with Gasteiger partial charge in [-0.05, 0) is 10.2 Å². The van der Waals surface area contributed by atoms with Gasteiger partial charge in [0.25, 0.3) is 0 Å². The van der Waals surface area contributed by atoms with E-state index >= 15 is 0 Å². The van der Waals surface area contributed by atoms with Crippen LogP contribution in [0.3, 0.4) is 0 Å². The molecule has 0 amide bonds. The topological polar surface area (TPSA) is 12.4 Å². The van der Waals surface area contributed by atoms with Crippen molar-refractivity contribution < 1.29 is 0 Å². The predicted octanol–water partition coefficient (Wildman–Crippen LogP) is 2.18. The van der Waals surface area contributed by atoms with Gasteiger partial charge < -0.3 is 0 Å². The van der Waals surface area contributed by atoms with Crippen molar-refractivity contribution in [1.29, 1.82) is 0 Å². The van der Waals surface area contributed by atoms with Gasteiger partial charge in [0.15, 0.2) is 0 Å². The third-order valence-corrected chi connectivity index (χ3v) is 1.82. The lowest BCUT2D eigenvalue weighted by Gasteiger charge is -1.76. The molecule has 0 atom stereocenters. The van der Waals surface area contributed by atoms with Crippen molar-refractivity contribution in [2.75, 3.05) is 0 Å². The van der Waals surface area contributed by atoms with Crippen LogP contribution >= 0.6 is 21.0 Å². The van der Waals surface area contributed by atoms with Crippen LogP contribution in [0.15, 0.2) is 25.6 Å². The van der Waals surface area contributed by atoms with E-state index in [0.717, 1.165) is 0 Å². The fraction of sp³-hybridized carbons (Fsp3) is 0. The summed E-state index contributed by atoms with van der Waals surface area (Å²) in [5.41, 5.74) is 0. The fourth-order valence-corrected chi connectivity index (χ4v) is 1.20. The molecular formula is C4H4IN. The summed E-state index contributed by atoms with van der Waals surface area (Å²) in [5, 5.41) is 0. The molecule has 0 N–H and O–H groups in total. The molecule has 0 aromatic rings. The lowest BCUT2D eigenvalue weighted by atomic mass is 10.6. The zero-order chi connectivity index (χ0) is 4.24. The number of allylic oxidation sites excluding steroid dienone is 2. The van der Waals surface area contributed by atoms with Gasteiger partial charge in [-0.25, -0.2) is 3.15 Å². The highest BCUT2D eigenvalue weighted by atomic mass is 127. The zero-order valence-corrected chi connectivity index (χ0v) is 5.29. The Morgan fingerprint density at radius 3 is 2.50 bits per heavy atom. The van der Waals surface area contributed by atoms with Crippen LogP contribution in [0, 0.1) is 0 Å². The van der Waals surface area contributed by atoms with E-state index in [1.165, 1.54) is 0 Å². The fourth-order valence-electron chi connectivity index (χ4n) is 0.222. The van der Waals surface area contributed by atoms with Crippen LogP contribution in [-0.2, 0) is 0 Å². The number of hydrogen-bond acceptors (Lipinski definition) is 1. The molecule has 1 rings (SSSR count). The Bertz CT molecular complexity index is 76.9. The van der Waals surface area contributed by atoms with Crippen molar-refractivity contribution in [1.82, 2.24) is 0 Å². The second-order valence-electron chi connectivity index (χ2n) is 0.855. The van der Waals surface area contributed by atoms with Gasteiger partial charge in [-0.1, -0.05) is 6.08 Å². The molecule has 0 bridgehead atoms. The number of nitrogens with zero attached hydrogens (tertiary/aromatic N) is 1. The molecule has 0 saturated heterocycles. The molecule has 0 spiro atoms. The van der Waals surface area contributed by atoms with Crippen LogP contribution in [-0.4, -0.2) is 0 Å². The molecular weight excluding hydrogens is 189 g/mol. The minimum atomic E-state index is 0.0724. The monoisotopic (exact) mass is 193 g/mol. The van der Waals surface area contributed by atoms with E-state index < -0.39 is 0 Å². The highest BCUT2D eigenvalue weighted by Gasteiger charge is 1.67. The first-order valence-electron chi connectivity index (χ1n) is 1.65. The molecule has 0 unspecified atom stereocenters. The van der Waals surface area contributed by atoms with Gasteiger partial charge in [-0.3, -0.25) is 0 Å². The smallest absolute Gasteiger partial charge is 0.0329 e. The van der Waals surface area contributed by atoms with Crippen molar-refractivity contribution >= 4 is 21.0 Å². The molecule has 0 aromatic carbocycles. The highest BCUT2D eigenvalue weighted by Crippen LogP contribution is 2.06. The third-order valence-electron chi connectivity index (χ3n) is 0.439. The Labute approximate surface area is 46.9 Å². The Balaban J connectivity index is 2.77. The van der Waals surface area contributed by atoms with E-state index in [4.69, 9.17) is 0 Å². The van der Waals surface area contributed by atoms with Gasteiger partial charge >= 0.3 is 0 Å². The van der Waals surface area contributed by atoms with Gasteiger partial charge in [0.05, 0.1) is 0 Å². The molecule has 0 aliphatic carbocycles. The average Bonchev–Trinajstić information content (AvgIpc) is 1.72. The van der Waals surface area contributed by atoms with Crippen LogP contribution in [0.4, 0.5) is 0 Å². The Kier molecular flexibility index (Phi) is 1.55. The standard InChI is InChI=1S/C4H4IN/c1-2-4-6-5-3-1/h1-4H. The average molecular weight is 193 g/mol. The number of rotatable bonds is 0. The Hall–Kier alpha value is 0.01000. The molecule has 0 saturated carbocycles. The van der Waals surface area contributed by atoms with Gasteiger partial charge in [-0.15, -0.1) is 0 Å². The minimum absolute atomic E-state index is 0.0724. The quantitative estimate of drug-likeness (QED) is 0.522. The summed E-state index contributed by atoms with van der Waals surface area (Å²) in [5.74, 6) is 0. The summed E-state index contributed by atoms with van der Waals surface area (Å²) in [7, 11) is 0. The van der Waals surface area contributed by atoms with E-state index in [1.54, 1.807) is 0 Å². The molecule has 1 aliphatic heterocycles. The summed E-state index contributed by atoms with van der Waals surface area (Å²) in [6.07, 6.45) is 5.84. The van der Waals surface area contributed by atoms with Gasteiger partial charge in [0.1, 0.15) is 0 Å². The van der Waals surface area contributed by atoms with E-state index in [1.807, 2.05) is 18.4 Å². The van der Waals surface area contributed by atoms with Crippen LogP contribution in [0.1, 0.15) is 0 Å². The van der Waals surface area contributed by atoms with Crippen LogP contribution < -0.4 is 0 Å². The van der Waals surface area contributed by atoms with Crippen LogP contribution in [0.2, 0.25) is 0 Å². The second-order valence-corrected chi connectivity index (χ2v) is 2.69. The van der Waals surface area contributed by atoms with Crippen molar-refractivity contribution in [2.45, 2.75) is 0 Å². The van der Waals surface area contributed by atoms with Crippen molar-refractivity contribution in [3.8, 4) is 0 Å². The first kappa shape index (κ1) is 4.18. The molecule has 32 valence electrons. The Morgan fingerprint density at radius 2 is 2.33 bits per heavy atom. The highest BCUT2D eigenvalue weighted by molar-refractivity contribution is 14.2. The maximum atomic E-state index is 4.02. The molecule has 6 heavy (non-hydrogen) atoms. The molecule has 1 aliphatic rings. The van der Waals surface area contributed by atoms with Gasteiger partial charge in [-0.2, -0.15) is 0 Å².